The number of piperidine rings is 1. The number of carbonyl (C=O) groups is 1. The summed E-state index contributed by atoms with van der Waals surface area (Å²) in [7, 11) is 0. The van der Waals surface area contributed by atoms with Gasteiger partial charge in [-0.05, 0) is 56.0 Å². The van der Waals surface area contributed by atoms with Crippen LogP contribution in [0.3, 0.4) is 0 Å². The van der Waals surface area contributed by atoms with Gasteiger partial charge in [-0.15, -0.1) is 0 Å². The topological polar surface area (TPSA) is 79.9 Å². The number of halogens is 2. The number of hydrogen-bond donors (Lipinski definition) is 2. The number of para-hydroxylation sites is 1. The molecule has 2 aromatic carbocycles. The summed E-state index contributed by atoms with van der Waals surface area (Å²) < 4.78 is 30.1. The normalized spacial score (nSPS) is 20.5. The number of nitrogens with one attached hydrogen (secondary N) is 2. The van der Waals surface area contributed by atoms with E-state index in [1.807, 2.05) is 12.1 Å². The quantitative estimate of drug-likeness (QED) is 0.407. The van der Waals surface area contributed by atoms with Gasteiger partial charge in [-0.1, -0.05) is 25.0 Å². The Morgan fingerprint density at radius 1 is 0.860 bits per heavy atom. The van der Waals surface area contributed by atoms with Crippen LogP contribution in [0.5, 0.6) is 0 Å². The maximum atomic E-state index is 15.4. The predicted octanol–water partition coefficient (Wildman–Crippen LogP) is 5.26. The van der Waals surface area contributed by atoms with E-state index in [1.165, 1.54) is 17.0 Å². The summed E-state index contributed by atoms with van der Waals surface area (Å²) in [6, 6.07) is 11.7. The largest absolute Gasteiger partial charge is 0.369 e. The Morgan fingerprint density at radius 2 is 1.63 bits per heavy atom. The van der Waals surface area contributed by atoms with Gasteiger partial charge < -0.3 is 15.5 Å². The Bertz CT molecular complexity index is 1470. The number of fused-ring (bicyclic) bond motifs is 1. The van der Waals surface area contributed by atoms with Crippen LogP contribution in [0.15, 0.2) is 48.7 Å². The van der Waals surface area contributed by atoms with Crippen molar-refractivity contribution < 1.29 is 13.6 Å². The summed E-state index contributed by atoms with van der Waals surface area (Å²) in [5, 5.41) is 6.56. The van der Waals surface area contributed by atoms with Crippen molar-refractivity contribution >= 4 is 34.9 Å². The lowest BCUT2D eigenvalue weighted by molar-refractivity contribution is 0.150. The highest BCUT2D eigenvalue weighted by atomic mass is 19.1. The maximum absolute atomic E-state index is 15.4. The SMILES string of the molecule is O=C1N(c2ccccc2F)Cc2cnc(Nc3ccc(N4CCC(N5CCNCC5)CC4)c(F)c3)nc2N1C1CCCC1. The molecule has 0 unspecified atom stereocenters. The van der Waals surface area contributed by atoms with Crippen LogP contribution >= 0.6 is 0 Å². The van der Waals surface area contributed by atoms with E-state index in [-0.39, 0.29) is 36.1 Å². The average Bonchev–Trinajstić information content (AvgIpc) is 3.56. The summed E-state index contributed by atoms with van der Waals surface area (Å²) in [5.74, 6) is 0.0930. The van der Waals surface area contributed by atoms with Gasteiger partial charge in [0.15, 0.2) is 0 Å². The summed E-state index contributed by atoms with van der Waals surface area (Å²) in [6.07, 6.45) is 7.53. The zero-order chi connectivity index (χ0) is 29.3. The number of nitrogens with zero attached hydrogens (tertiary/aromatic N) is 6. The highest BCUT2D eigenvalue weighted by Gasteiger charge is 2.39. The first-order valence-electron chi connectivity index (χ1n) is 15.5. The number of benzene rings is 2. The lowest BCUT2D eigenvalue weighted by Crippen LogP contribution is -2.52. The minimum absolute atomic E-state index is 0.0176. The van der Waals surface area contributed by atoms with E-state index in [0.29, 0.717) is 23.2 Å². The average molecular weight is 589 g/mol. The summed E-state index contributed by atoms with van der Waals surface area (Å²) in [6.45, 7) is 6.09. The van der Waals surface area contributed by atoms with Crippen LogP contribution in [0.25, 0.3) is 0 Å². The first-order chi connectivity index (χ1) is 21.0. The summed E-state index contributed by atoms with van der Waals surface area (Å²) in [5.41, 5.74) is 2.14. The lowest BCUT2D eigenvalue weighted by atomic mass is 10.0. The van der Waals surface area contributed by atoms with Gasteiger partial charge in [-0.2, -0.15) is 4.98 Å². The fourth-order valence-electron chi connectivity index (χ4n) is 7.08. The van der Waals surface area contributed by atoms with Crippen molar-refractivity contribution in [1.29, 1.82) is 0 Å². The van der Waals surface area contributed by atoms with Gasteiger partial charge in [-0.25, -0.2) is 18.6 Å². The highest BCUT2D eigenvalue weighted by Crippen LogP contribution is 2.37. The van der Waals surface area contributed by atoms with Crippen molar-refractivity contribution in [3.05, 3.63) is 65.9 Å². The number of urea groups is 1. The fraction of sp³-hybridized carbons (Fsp3) is 0.469. The van der Waals surface area contributed by atoms with Crippen LogP contribution in [0.2, 0.25) is 0 Å². The molecule has 9 nitrogen and oxygen atoms in total. The van der Waals surface area contributed by atoms with Gasteiger partial charge in [0.05, 0.1) is 17.9 Å². The van der Waals surface area contributed by atoms with E-state index in [2.05, 4.69) is 25.4 Å². The molecule has 0 atom stereocenters. The lowest BCUT2D eigenvalue weighted by Gasteiger charge is -2.41. The second kappa shape index (κ2) is 12.0. The van der Waals surface area contributed by atoms with Crippen LogP contribution in [-0.2, 0) is 6.54 Å². The highest BCUT2D eigenvalue weighted by molar-refractivity contribution is 6.06. The molecule has 1 aromatic heterocycles. The smallest absolute Gasteiger partial charge is 0.330 e. The monoisotopic (exact) mass is 588 g/mol. The number of hydrogen-bond acceptors (Lipinski definition) is 7. The molecule has 2 saturated heterocycles. The zero-order valence-corrected chi connectivity index (χ0v) is 24.3. The molecule has 226 valence electrons. The molecule has 2 amide bonds. The van der Waals surface area contributed by atoms with Gasteiger partial charge in [0, 0.05) is 68.8 Å². The maximum Gasteiger partial charge on any atom is 0.330 e. The zero-order valence-electron chi connectivity index (χ0n) is 24.3. The Kier molecular flexibility index (Phi) is 7.83. The number of aromatic nitrogens is 2. The summed E-state index contributed by atoms with van der Waals surface area (Å²) in [4.78, 5) is 30.9. The molecule has 2 N–H and O–H groups in total. The molecule has 4 heterocycles. The molecule has 4 aliphatic rings. The molecule has 1 aliphatic carbocycles. The standard InChI is InChI=1S/C32H38F2N8O/c33-26-7-3-4-8-29(26)41-21-22-20-36-31(38-30(22)42(32(41)43)25-5-1-2-6-25)37-23-9-10-28(27(34)19-23)40-15-11-24(12-16-40)39-17-13-35-14-18-39/h3-4,7-10,19-20,24-25,35H,1-2,5-6,11-18,21H2,(H,36,37,38). The van der Waals surface area contributed by atoms with Crippen molar-refractivity contribution in [3.63, 3.8) is 0 Å². The molecule has 0 bridgehead atoms. The molecule has 11 heteroatoms. The van der Waals surface area contributed by atoms with Crippen molar-refractivity contribution in [1.82, 2.24) is 20.2 Å². The Balaban J connectivity index is 1.08. The minimum Gasteiger partial charge on any atom is -0.369 e. The number of amides is 2. The molecule has 0 radical (unpaired) electrons. The van der Waals surface area contributed by atoms with Crippen molar-refractivity contribution in [3.8, 4) is 0 Å². The van der Waals surface area contributed by atoms with Gasteiger partial charge in [0.1, 0.15) is 17.5 Å². The Hall–Kier alpha value is -3.83. The van der Waals surface area contributed by atoms with Crippen LogP contribution in [-0.4, -0.2) is 72.3 Å². The first-order valence-corrected chi connectivity index (χ1v) is 15.5. The molecule has 1 saturated carbocycles. The predicted molar refractivity (Wildman–Crippen MR) is 164 cm³/mol. The second-order valence-electron chi connectivity index (χ2n) is 12.0. The van der Waals surface area contributed by atoms with E-state index in [0.717, 1.165) is 83.4 Å². The third-order valence-corrected chi connectivity index (χ3v) is 9.35. The third-order valence-electron chi connectivity index (χ3n) is 9.35. The number of carbonyl (C=O) groups excluding carboxylic acids is 1. The van der Waals surface area contributed by atoms with Crippen LogP contribution in [0.1, 0.15) is 44.1 Å². The van der Waals surface area contributed by atoms with Crippen LogP contribution in [0, 0.1) is 11.6 Å². The molecule has 3 aliphatic heterocycles. The third kappa shape index (κ3) is 5.63. The van der Waals surface area contributed by atoms with Gasteiger partial charge >= 0.3 is 6.03 Å². The molecule has 0 spiro atoms. The van der Waals surface area contributed by atoms with Crippen molar-refractivity contribution in [2.45, 2.75) is 57.2 Å². The van der Waals surface area contributed by atoms with Gasteiger partial charge in [-0.3, -0.25) is 14.7 Å². The molecular formula is C32H38F2N8O. The van der Waals surface area contributed by atoms with E-state index in [1.54, 1.807) is 29.3 Å². The summed E-state index contributed by atoms with van der Waals surface area (Å²) >= 11 is 0. The van der Waals surface area contributed by atoms with Crippen LogP contribution < -0.4 is 25.3 Å². The van der Waals surface area contributed by atoms with E-state index >= 15 is 4.39 Å². The minimum atomic E-state index is -0.445. The number of anilines is 5. The first kappa shape index (κ1) is 28.0. The fourth-order valence-corrected chi connectivity index (χ4v) is 7.08. The molecular weight excluding hydrogens is 550 g/mol. The molecule has 3 fully saturated rings. The van der Waals surface area contributed by atoms with Gasteiger partial charge in [0.2, 0.25) is 5.95 Å². The van der Waals surface area contributed by atoms with E-state index in [4.69, 9.17) is 4.98 Å². The van der Waals surface area contributed by atoms with Gasteiger partial charge in [0.25, 0.3) is 0 Å². The molecule has 43 heavy (non-hydrogen) atoms. The van der Waals surface area contributed by atoms with Crippen molar-refractivity contribution in [2.24, 2.45) is 0 Å². The van der Waals surface area contributed by atoms with E-state index in [9.17, 15) is 9.18 Å². The second-order valence-corrected chi connectivity index (χ2v) is 12.0. The Morgan fingerprint density at radius 3 is 2.37 bits per heavy atom. The number of rotatable bonds is 6. The number of piperazine rings is 1. The molecule has 3 aromatic rings. The van der Waals surface area contributed by atoms with E-state index < -0.39 is 5.82 Å². The molecule has 7 rings (SSSR count). The Labute approximate surface area is 250 Å². The van der Waals surface area contributed by atoms with Crippen molar-refractivity contribution in [2.75, 3.05) is 59.3 Å². The van der Waals surface area contributed by atoms with Crippen LogP contribution in [0.4, 0.5) is 42.4 Å².